The first-order valence-corrected chi connectivity index (χ1v) is 6.96. The molecule has 0 radical (unpaired) electrons. The van der Waals surface area contributed by atoms with Gasteiger partial charge in [0.2, 0.25) is 0 Å². The van der Waals surface area contributed by atoms with E-state index in [9.17, 15) is 13.2 Å². The molecule has 0 fully saturated rings. The van der Waals surface area contributed by atoms with Crippen LogP contribution in [0, 0.1) is 11.3 Å². The molecule has 1 aromatic heterocycles. The highest BCUT2D eigenvalue weighted by Crippen LogP contribution is 2.38. The fraction of sp³-hybridized carbons (Fsp3) is 0.143. The summed E-state index contributed by atoms with van der Waals surface area (Å²) in [6, 6.07) is 6.68. The Morgan fingerprint density at radius 3 is 2.14 bits per heavy atom. The van der Waals surface area contributed by atoms with Crippen LogP contribution >= 0.6 is 34.8 Å². The van der Waals surface area contributed by atoms with Gasteiger partial charge in [-0.15, -0.1) is 0 Å². The van der Waals surface area contributed by atoms with Crippen molar-refractivity contribution in [3.05, 3.63) is 50.6 Å². The second-order valence-corrected chi connectivity index (χ2v) is 5.57. The Bertz CT molecular complexity index is 744. The van der Waals surface area contributed by atoms with Crippen LogP contribution in [0.2, 0.25) is 15.1 Å². The van der Waals surface area contributed by atoms with Gasteiger partial charge in [0, 0.05) is 10.6 Å². The molecule has 1 heterocycles. The third kappa shape index (κ3) is 3.64. The second kappa shape index (κ2) is 6.33. The molecule has 1 aromatic carbocycles. The van der Waals surface area contributed by atoms with E-state index in [4.69, 9.17) is 40.1 Å². The molecule has 2 rings (SSSR count). The summed E-state index contributed by atoms with van der Waals surface area (Å²) < 4.78 is 38.8. The summed E-state index contributed by atoms with van der Waals surface area (Å²) in [5.74, 6) is 0. The van der Waals surface area contributed by atoms with Crippen molar-refractivity contribution in [2.24, 2.45) is 0 Å². The smallest absolute Gasteiger partial charge is 0.243 e. The summed E-state index contributed by atoms with van der Waals surface area (Å²) in [7, 11) is 0. The van der Waals surface area contributed by atoms with Crippen LogP contribution in [-0.4, -0.2) is 4.98 Å². The Kier molecular flexibility index (Phi) is 4.86. The highest BCUT2D eigenvalue weighted by atomic mass is 35.5. The van der Waals surface area contributed by atoms with Gasteiger partial charge in [-0.2, -0.15) is 18.4 Å². The molecule has 8 heteroatoms. The van der Waals surface area contributed by atoms with Crippen molar-refractivity contribution in [3.63, 3.8) is 0 Å². The molecule has 0 saturated heterocycles. The maximum Gasteiger partial charge on any atom is 0.433 e. The van der Waals surface area contributed by atoms with Gasteiger partial charge >= 0.3 is 6.18 Å². The molecule has 0 saturated carbocycles. The van der Waals surface area contributed by atoms with Crippen LogP contribution in [0.3, 0.4) is 0 Å². The van der Waals surface area contributed by atoms with Gasteiger partial charge in [0.05, 0.1) is 28.2 Å². The van der Waals surface area contributed by atoms with Crippen molar-refractivity contribution in [1.29, 1.82) is 5.26 Å². The lowest BCUT2D eigenvalue weighted by Gasteiger charge is -2.12. The molecule has 0 aliphatic heterocycles. The quantitative estimate of drug-likeness (QED) is 0.675. The molecule has 0 aliphatic rings. The average Bonchev–Trinajstić information content (AvgIpc) is 2.36. The zero-order chi connectivity index (χ0) is 16.5. The van der Waals surface area contributed by atoms with Crippen molar-refractivity contribution < 1.29 is 13.2 Å². The van der Waals surface area contributed by atoms with Crippen molar-refractivity contribution in [3.8, 4) is 17.3 Å². The fourth-order valence-corrected chi connectivity index (χ4v) is 2.85. The Hall–Kier alpha value is -1.48. The lowest BCUT2D eigenvalue weighted by atomic mass is 10.1. The van der Waals surface area contributed by atoms with Crippen LogP contribution < -0.4 is 0 Å². The van der Waals surface area contributed by atoms with Crippen LogP contribution in [0.15, 0.2) is 24.3 Å². The zero-order valence-corrected chi connectivity index (χ0v) is 12.9. The van der Waals surface area contributed by atoms with Crippen molar-refractivity contribution >= 4 is 34.8 Å². The Labute approximate surface area is 139 Å². The normalized spacial score (nSPS) is 11.3. The molecular weight excluding hydrogens is 360 g/mol. The first-order valence-electron chi connectivity index (χ1n) is 5.82. The second-order valence-electron chi connectivity index (χ2n) is 4.32. The zero-order valence-electron chi connectivity index (χ0n) is 10.7. The molecular formula is C14H6Cl3F3N2. The summed E-state index contributed by atoms with van der Waals surface area (Å²) in [4.78, 5) is 3.56. The van der Waals surface area contributed by atoms with E-state index in [-0.39, 0.29) is 38.3 Å². The summed E-state index contributed by atoms with van der Waals surface area (Å²) >= 11 is 17.8. The monoisotopic (exact) mass is 364 g/mol. The minimum absolute atomic E-state index is 0.0632. The number of pyridine rings is 1. The molecule has 0 N–H and O–H groups in total. The molecule has 2 nitrogen and oxygen atoms in total. The van der Waals surface area contributed by atoms with Crippen LogP contribution in [0.4, 0.5) is 13.2 Å². The maximum atomic E-state index is 12.9. The topological polar surface area (TPSA) is 36.7 Å². The van der Waals surface area contributed by atoms with E-state index < -0.39 is 11.9 Å². The van der Waals surface area contributed by atoms with Gasteiger partial charge in [0.25, 0.3) is 0 Å². The molecule has 0 atom stereocenters. The van der Waals surface area contributed by atoms with E-state index >= 15 is 0 Å². The van der Waals surface area contributed by atoms with Gasteiger partial charge in [-0.25, -0.2) is 4.98 Å². The highest BCUT2D eigenvalue weighted by molar-refractivity contribution is 6.41. The molecule has 0 amide bonds. The Morgan fingerprint density at radius 1 is 1.05 bits per heavy atom. The number of hydrogen-bond donors (Lipinski definition) is 0. The predicted molar refractivity (Wildman–Crippen MR) is 79.0 cm³/mol. The Balaban J connectivity index is 2.70. The number of rotatable bonds is 2. The van der Waals surface area contributed by atoms with Crippen molar-refractivity contribution in [2.75, 3.05) is 0 Å². The number of aromatic nitrogens is 1. The third-order valence-electron chi connectivity index (χ3n) is 2.72. The van der Waals surface area contributed by atoms with E-state index in [1.165, 1.54) is 18.2 Å². The van der Waals surface area contributed by atoms with Gasteiger partial charge in [0.1, 0.15) is 5.69 Å². The summed E-state index contributed by atoms with van der Waals surface area (Å²) in [6.07, 6.45) is -4.84. The lowest BCUT2D eigenvalue weighted by molar-refractivity contribution is -0.141. The van der Waals surface area contributed by atoms with Crippen LogP contribution in [-0.2, 0) is 12.6 Å². The van der Waals surface area contributed by atoms with Gasteiger partial charge in [0.15, 0.2) is 0 Å². The standard InChI is InChI=1S/C14H6Cl3F3N2/c15-8-5-9(16)13(10(17)6-8)11-3-7(1-2-21)4-12(22-11)14(18,19)20/h3-6H,1H2. The molecule has 2 aromatic rings. The predicted octanol–water partition coefficient (Wildman–Crippen LogP) is 5.79. The number of hydrogen-bond acceptors (Lipinski definition) is 2. The maximum absolute atomic E-state index is 12.9. The Morgan fingerprint density at radius 2 is 1.64 bits per heavy atom. The SMILES string of the molecule is N#CCc1cc(-c2c(Cl)cc(Cl)cc2Cl)nc(C(F)(F)F)c1. The summed E-state index contributed by atoms with van der Waals surface area (Å²) in [5.41, 5.74) is -0.871. The fourth-order valence-electron chi connectivity index (χ4n) is 1.84. The van der Waals surface area contributed by atoms with E-state index in [1.54, 1.807) is 6.07 Å². The number of benzene rings is 1. The van der Waals surface area contributed by atoms with E-state index in [0.29, 0.717) is 0 Å². The molecule has 0 aliphatic carbocycles. The number of alkyl halides is 3. The minimum atomic E-state index is -4.65. The molecule has 0 bridgehead atoms. The minimum Gasteiger partial charge on any atom is -0.243 e. The van der Waals surface area contributed by atoms with Gasteiger partial charge in [-0.1, -0.05) is 34.8 Å². The molecule has 0 unspecified atom stereocenters. The average molecular weight is 366 g/mol. The highest BCUT2D eigenvalue weighted by Gasteiger charge is 2.33. The number of nitriles is 1. The van der Waals surface area contributed by atoms with E-state index in [2.05, 4.69) is 4.98 Å². The first kappa shape index (κ1) is 16.9. The van der Waals surface area contributed by atoms with Crippen LogP contribution in [0.5, 0.6) is 0 Å². The van der Waals surface area contributed by atoms with Gasteiger partial charge in [-0.05, 0) is 29.8 Å². The number of halogens is 6. The van der Waals surface area contributed by atoms with E-state index in [0.717, 1.165) is 6.07 Å². The van der Waals surface area contributed by atoms with Gasteiger partial charge in [-0.3, -0.25) is 0 Å². The third-order valence-corrected chi connectivity index (χ3v) is 3.54. The first-order chi connectivity index (χ1) is 10.2. The summed E-state index contributed by atoms with van der Waals surface area (Å²) in [5, 5.41) is 9.10. The molecule has 114 valence electrons. The van der Waals surface area contributed by atoms with Crippen LogP contribution in [0.1, 0.15) is 11.3 Å². The summed E-state index contributed by atoms with van der Waals surface area (Å²) in [6.45, 7) is 0. The molecule has 22 heavy (non-hydrogen) atoms. The molecule has 0 spiro atoms. The number of nitrogens with zero attached hydrogens (tertiary/aromatic N) is 2. The van der Waals surface area contributed by atoms with E-state index in [1.807, 2.05) is 0 Å². The van der Waals surface area contributed by atoms with Crippen molar-refractivity contribution in [2.45, 2.75) is 12.6 Å². The van der Waals surface area contributed by atoms with Crippen molar-refractivity contribution in [1.82, 2.24) is 4.98 Å². The van der Waals surface area contributed by atoms with Crippen LogP contribution in [0.25, 0.3) is 11.3 Å². The largest absolute Gasteiger partial charge is 0.433 e. The van der Waals surface area contributed by atoms with Gasteiger partial charge < -0.3 is 0 Å². The lowest BCUT2D eigenvalue weighted by Crippen LogP contribution is -2.09.